The third-order valence-electron chi connectivity index (χ3n) is 3.66. The van der Waals surface area contributed by atoms with Crippen LogP contribution >= 0.6 is 0 Å². The van der Waals surface area contributed by atoms with Crippen molar-refractivity contribution in [1.29, 1.82) is 0 Å². The van der Waals surface area contributed by atoms with Gasteiger partial charge in [-0.3, -0.25) is 4.79 Å². The van der Waals surface area contributed by atoms with Gasteiger partial charge in [0.05, 0.1) is 30.2 Å². The lowest BCUT2D eigenvalue weighted by molar-refractivity contribution is -0.00549. The number of aromatic nitrogens is 3. The molecule has 2 atom stereocenters. The summed E-state index contributed by atoms with van der Waals surface area (Å²) in [5, 5.41) is 7.61. The second kappa shape index (κ2) is 6.19. The summed E-state index contributed by atoms with van der Waals surface area (Å²) >= 11 is 0. The molecule has 2 aromatic heterocycles. The van der Waals surface area contributed by atoms with Crippen molar-refractivity contribution < 1.29 is 9.53 Å². The lowest BCUT2D eigenvalue weighted by Crippen LogP contribution is -2.46. The molecule has 1 saturated heterocycles. The van der Waals surface area contributed by atoms with Crippen LogP contribution in [0.3, 0.4) is 0 Å². The number of nitrogens with zero attached hydrogens (tertiary/aromatic N) is 4. The van der Waals surface area contributed by atoms with Gasteiger partial charge in [0, 0.05) is 30.4 Å². The molecule has 114 valence electrons. The largest absolute Gasteiger partial charge is 0.372 e. The molecule has 0 spiro atoms. The van der Waals surface area contributed by atoms with E-state index in [2.05, 4.69) is 20.1 Å². The minimum atomic E-state index is 0.120. The highest BCUT2D eigenvalue weighted by Gasteiger charge is 2.25. The van der Waals surface area contributed by atoms with E-state index in [0.717, 1.165) is 30.5 Å². The van der Waals surface area contributed by atoms with E-state index in [1.54, 1.807) is 18.6 Å². The van der Waals surface area contributed by atoms with Crippen LogP contribution in [-0.4, -0.2) is 46.8 Å². The standard InChI is InChI=1S/C16H18N4O2/c1-11-8-20(9-12(2)22-11)16-15(10-21)5-14(6-17-16)13-3-4-18-19-7-13/h3-7,10-12H,8-9H2,1-2H3. The predicted molar refractivity (Wildman–Crippen MR) is 82.9 cm³/mol. The molecule has 6 nitrogen and oxygen atoms in total. The Kier molecular flexibility index (Phi) is 4.11. The zero-order valence-corrected chi connectivity index (χ0v) is 12.6. The number of rotatable bonds is 3. The van der Waals surface area contributed by atoms with E-state index in [0.29, 0.717) is 11.4 Å². The molecule has 0 bridgehead atoms. The number of hydrogen-bond donors (Lipinski definition) is 0. The van der Waals surface area contributed by atoms with Gasteiger partial charge in [-0.05, 0) is 26.0 Å². The number of carbonyl (C=O) groups is 1. The Labute approximate surface area is 129 Å². The molecule has 2 aromatic rings. The molecule has 1 aliphatic heterocycles. The molecular weight excluding hydrogens is 280 g/mol. The minimum Gasteiger partial charge on any atom is -0.372 e. The summed E-state index contributed by atoms with van der Waals surface area (Å²) in [4.78, 5) is 18.1. The SMILES string of the molecule is CC1CN(c2ncc(-c3ccnnc3)cc2C=O)CC(C)O1. The first-order chi connectivity index (χ1) is 10.7. The van der Waals surface area contributed by atoms with Crippen LogP contribution in [0.2, 0.25) is 0 Å². The molecule has 3 heterocycles. The van der Waals surface area contributed by atoms with E-state index in [1.807, 2.05) is 26.0 Å². The van der Waals surface area contributed by atoms with Gasteiger partial charge in [-0.1, -0.05) is 0 Å². The van der Waals surface area contributed by atoms with E-state index >= 15 is 0 Å². The average Bonchev–Trinajstić information content (AvgIpc) is 2.54. The number of ether oxygens (including phenoxy) is 1. The Balaban J connectivity index is 1.94. The van der Waals surface area contributed by atoms with Crippen LogP contribution in [-0.2, 0) is 4.74 Å². The van der Waals surface area contributed by atoms with E-state index in [4.69, 9.17) is 4.74 Å². The van der Waals surface area contributed by atoms with Crippen LogP contribution in [0.1, 0.15) is 24.2 Å². The maximum atomic E-state index is 11.5. The van der Waals surface area contributed by atoms with Gasteiger partial charge in [0.25, 0.3) is 0 Å². The topological polar surface area (TPSA) is 68.2 Å². The third kappa shape index (κ3) is 2.96. The van der Waals surface area contributed by atoms with Crippen molar-refractivity contribution in [3.8, 4) is 11.1 Å². The van der Waals surface area contributed by atoms with Gasteiger partial charge in [-0.25, -0.2) is 4.98 Å². The van der Waals surface area contributed by atoms with Crippen LogP contribution in [0, 0.1) is 0 Å². The summed E-state index contributed by atoms with van der Waals surface area (Å²) in [6.07, 6.45) is 6.14. The van der Waals surface area contributed by atoms with Crippen molar-refractivity contribution >= 4 is 12.1 Å². The number of pyridine rings is 1. The molecule has 6 heteroatoms. The molecule has 0 aromatic carbocycles. The maximum Gasteiger partial charge on any atom is 0.153 e. The third-order valence-corrected chi connectivity index (χ3v) is 3.66. The van der Waals surface area contributed by atoms with Crippen LogP contribution in [0.5, 0.6) is 0 Å². The molecule has 22 heavy (non-hydrogen) atoms. The zero-order valence-electron chi connectivity index (χ0n) is 12.6. The first-order valence-electron chi connectivity index (χ1n) is 7.30. The monoisotopic (exact) mass is 298 g/mol. The van der Waals surface area contributed by atoms with Gasteiger partial charge in [-0.2, -0.15) is 10.2 Å². The highest BCUT2D eigenvalue weighted by atomic mass is 16.5. The van der Waals surface area contributed by atoms with Crippen molar-refractivity contribution in [1.82, 2.24) is 15.2 Å². The van der Waals surface area contributed by atoms with E-state index in [1.165, 1.54) is 0 Å². The summed E-state index contributed by atoms with van der Waals surface area (Å²) in [6, 6.07) is 3.69. The molecule has 1 aliphatic rings. The van der Waals surface area contributed by atoms with Gasteiger partial charge < -0.3 is 9.64 Å². The summed E-state index contributed by atoms with van der Waals surface area (Å²) in [6.45, 7) is 5.52. The molecule has 0 N–H and O–H groups in total. The second-order valence-electron chi connectivity index (χ2n) is 5.55. The minimum absolute atomic E-state index is 0.120. The van der Waals surface area contributed by atoms with E-state index in [9.17, 15) is 4.79 Å². The summed E-state index contributed by atoms with van der Waals surface area (Å²) in [5.74, 6) is 0.711. The quantitative estimate of drug-likeness (QED) is 0.807. The first kappa shape index (κ1) is 14.6. The Bertz CT molecular complexity index is 652. The molecule has 0 radical (unpaired) electrons. The fourth-order valence-electron chi connectivity index (χ4n) is 2.80. The summed E-state index contributed by atoms with van der Waals surface area (Å²) < 4.78 is 5.73. The van der Waals surface area contributed by atoms with Crippen LogP contribution in [0.25, 0.3) is 11.1 Å². The van der Waals surface area contributed by atoms with Gasteiger partial charge in [0.15, 0.2) is 6.29 Å². The van der Waals surface area contributed by atoms with E-state index in [-0.39, 0.29) is 12.2 Å². The van der Waals surface area contributed by atoms with Crippen LogP contribution in [0.4, 0.5) is 5.82 Å². The Morgan fingerprint density at radius 2 is 1.95 bits per heavy atom. The van der Waals surface area contributed by atoms with Gasteiger partial charge in [0.1, 0.15) is 5.82 Å². The highest BCUT2D eigenvalue weighted by molar-refractivity contribution is 5.85. The van der Waals surface area contributed by atoms with Crippen molar-refractivity contribution in [2.45, 2.75) is 26.1 Å². The molecule has 1 fully saturated rings. The Hall–Kier alpha value is -2.34. The number of aldehydes is 1. The smallest absolute Gasteiger partial charge is 0.153 e. The molecule has 0 aliphatic carbocycles. The van der Waals surface area contributed by atoms with Crippen molar-refractivity contribution in [3.05, 3.63) is 36.3 Å². The average molecular weight is 298 g/mol. The predicted octanol–water partition coefficient (Wildman–Crippen LogP) is 1.96. The zero-order chi connectivity index (χ0) is 15.5. The Morgan fingerprint density at radius 3 is 2.59 bits per heavy atom. The van der Waals surface area contributed by atoms with E-state index < -0.39 is 0 Å². The summed E-state index contributed by atoms with van der Waals surface area (Å²) in [7, 11) is 0. The number of hydrogen-bond acceptors (Lipinski definition) is 6. The van der Waals surface area contributed by atoms with Crippen LogP contribution < -0.4 is 4.90 Å². The van der Waals surface area contributed by atoms with Gasteiger partial charge >= 0.3 is 0 Å². The van der Waals surface area contributed by atoms with Gasteiger partial charge in [0.2, 0.25) is 0 Å². The lowest BCUT2D eigenvalue weighted by Gasteiger charge is -2.36. The molecule has 0 amide bonds. The molecule has 3 rings (SSSR count). The fraction of sp³-hybridized carbons (Fsp3) is 0.375. The summed E-state index contributed by atoms with van der Waals surface area (Å²) in [5.41, 5.74) is 2.33. The number of morpholine rings is 1. The second-order valence-corrected chi connectivity index (χ2v) is 5.55. The Morgan fingerprint density at radius 1 is 1.18 bits per heavy atom. The highest BCUT2D eigenvalue weighted by Crippen LogP contribution is 2.25. The lowest BCUT2D eigenvalue weighted by atomic mass is 10.1. The van der Waals surface area contributed by atoms with Crippen LogP contribution in [0.15, 0.2) is 30.7 Å². The molecular formula is C16H18N4O2. The molecule has 2 unspecified atom stereocenters. The number of carbonyl (C=O) groups excluding carboxylic acids is 1. The first-order valence-corrected chi connectivity index (χ1v) is 7.30. The normalized spacial score (nSPS) is 21.6. The fourth-order valence-corrected chi connectivity index (χ4v) is 2.80. The van der Waals surface area contributed by atoms with Crippen molar-refractivity contribution in [2.75, 3.05) is 18.0 Å². The van der Waals surface area contributed by atoms with Gasteiger partial charge in [-0.15, -0.1) is 0 Å². The molecule has 0 saturated carbocycles. The number of anilines is 1. The van der Waals surface area contributed by atoms with Crippen molar-refractivity contribution in [3.63, 3.8) is 0 Å². The van der Waals surface area contributed by atoms with Crippen molar-refractivity contribution in [2.24, 2.45) is 0 Å². The maximum absolute atomic E-state index is 11.5.